The van der Waals surface area contributed by atoms with Gasteiger partial charge in [0.05, 0.1) is 18.8 Å². The Kier molecular flexibility index (Phi) is 9.54. The first-order valence-corrected chi connectivity index (χ1v) is 14.8. The van der Waals surface area contributed by atoms with Gasteiger partial charge in [0.25, 0.3) is 5.91 Å². The van der Waals surface area contributed by atoms with Crippen LogP contribution in [0.2, 0.25) is 0 Å². The van der Waals surface area contributed by atoms with Gasteiger partial charge >= 0.3 is 6.18 Å². The van der Waals surface area contributed by atoms with Crippen LogP contribution < -0.4 is 14.4 Å². The van der Waals surface area contributed by atoms with Crippen molar-refractivity contribution < 1.29 is 35.5 Å². The second kappa shape index (κ2) is 12.9. The zero-order chi connectivity index (χ0) is 29.6. The first kappa shape index (κ1) is 30.3. The van der Waals surface area contributed by atoms with Gasteiger partial charge in [0.2, 0.25) is 10.0 Å². The summed E-state index contributed by atoms with van der Waals surface area (Å²) in [6.07, 6.45) is -6.17. The van der Waals surface area contributed by atoms with Gasteiger partial charge in [-0.2, -0.15) is 13.2 Å². The summed E-state index contributed by atoms with van der Waals surface area (Å²) in [4.78, 5) is 16.6. The third kappa shape index (κ3) is 8.67. The van der Waals surface area contributed by atoms with Crippen LogP contribution in [0.4, 0.5) is 23.2 Å². The third-order valence-electron chi connectivity index (χ3n) is 6.67. The van der Waals surface area contributed by atoms with E-state index in [2.05, 4.69) is 9.80 Å². The van der Waals surface area contributed by atoms with Gasteiger partial charge in [0.1, 0.15) is 11.6 Å². The average molecular weight is 594 g/mol. The highest BCUT2D eigenvalue weighted by Crippen LogP contribution is 2.28. The Morgan fingerprint density at radius 3 is 2.32 bits per heavy atom. The number of carbonyl (C=O) groups excluding carboxylic acids is 1. The summed E-state index contributed by atoms with van der Waals surface area (Å²) in [5.74, 6) is -1.81. The first-order valence-electron chi connectivity index (χ1n) is 13.1. The van der Waals surface area contributed by atoms with E-state index in [0.29, 0.717) is 37.6 Å². The Labute approximate surface area is 236 Å². The summed E-state index contributed by atoms with van der Waals surface area (Å²) >= 11 is 0. The highest BCUT2D eigenvalue weighted by molar-refractivity contribution is 7.90. The van der Waals surface area contributed by atoms with Crippen molar-refractivity contribution in [1.29, 1.82) is 0 Å². The van der Waals surface area contributed by atoms with E-state index >= 15 is 0 Å². The van der Waals surface area contributed by atoms with Crippen LogP contribution in [0.25, 0.3) is 11.1 Å². The molecular formula is C29H31F4N3O4S. The molecule has 0 spiro atoms. The maximum Gasteiger partial charge on any atom is 0.390 e. The van der Waals surface area contributed by atoms with E-state index in [9.17, 15) is 30.8 Å². The molecule has 0 aromatic heterocycles. The molecule has 1 saturated heterocycles. The molecule has 3 aromatic carbocycles. The van der Waals surface area contributed by atoms with E-state index in [0.717, 1.165) is 29.9 Å². The minimum atomic E-state index is -4.64. The van der Waals surface area contributed by atoms with Crippen LogP contribution in [0.3, 0.4) is 0 Å². The second-order valence-electron chi connectivity index (χ2n) is 9.70. The molecule has 1 amide bonds. The fourth-order valence-corrected chi connectivity index (χ4v) is 5.56. The number of hydrogen-bond donors (Lipinski definition) is 1. The number of alkyl halides is 3. The number of benzene rings is 3. The summed E-state index contributed by atoms with van der Waals surface area (Å²) in [6, 6.07) is 18.8. The predicted octanol–water partition coefficient (Wildman–Crippen LogP) is 5.23. The lowest BCUT2D eigenvalue weighted by Crippen LogP contribution is -2.46. The molecular weight excluding hydrogens is 562 g/mol. The first-order chi connectivity index (χ1) is 19.4. The molecule has 4 rings (SSSR count). The molecule has 0 unspecified atom stereocenters. The van der Waals surface area contributed by atoms with Crippen molar-refractivity contribution in [1.82, 2.24) is 9.62 Å². The molecule has 220 valence electrons. The van der Waals surface area contributed by atoms with Gasteiger partial charge in [-0.1, -0.05) is 24.3 Å². The SMILES string of the molecule is CCOc1cccc(-c2ccc(CN3CCN(c4ccc(C(=O)NS(=O)(=O)CCC(F)(F)F)cc4)CC3)cc2F)c1. The van der Waals surface area contributed by atoms with Crippen molar-refractivity contribution in [2.45, 2.75) is 26.1 Å². The number of ether oxygens (including phenoxy) is 1. The van der Waals surface area contributed by atoms with Gasteiger partial charge in [-0.3, -0.25) is 9.69 Å². The van der Waals surface area contributed by atoms with Gasteiger partial charge in [0.15, 0.2) is 0 Å². The summed E-state index contributed by atoms with van der Waals surface area (Å²) < 4.78 is 82.7. The number of sulfonamides is 1. The molecule has 41 heavy (non-hydrogen) atoms. The molecule has 0 saturated carbocycles. The van der Waals surface area contributed by atoms with E-state index in [1.54, 1.807) is 29.0 Å². The smallest absolute Gasteiger partial charge is 0.390 e. The average Bonchev–Trinajstić information content (AvgIpc) is 2.92. The van der Waals surface area contributed by atoms with Crippen LogP contribution in [0.1, 0.15) is 29.3 Å². The molecule has 3 aromatic rings. The fraction of sp³-hybridized carbons (Fsp3) is 0.345. The van der Waals surface area contributed by atoms with Crippen LogP contribution in [0, 0.1) is 5.82 Å². The Balaban J connectivity index is 1.29. The number of hydrogen-bond acceptors (Lipinski definition) is 6. The molecule has 1 N–H and O–H groups in total. The van der Waals surface area contributed by atoms with E-state index in [-0.39, 0.29) is 11.4 Å². The lowest BCUT2D eigenvalue weighted by molar-refractivity contribution is -0.130. The molecule has 1 fully saturated rings. The Bertz CT molecular complexity index is 1460. The highest BCUT2D eigenvalue weighted by Gasteiger charge is 2.30. The maximum atomic E-state index is 15.0. The van der Waals surface area contributed by atoms with E-state index in [4.69, 9.17) is 4.74 Å². The largest absolute Gasteiger partial charge is 0.494 e. The van der Waals surface area contributed by atoms with Crippen molar-refractivity contribution in [2.75, 3.05) is 43.4 Å². The maximum absolute atomic E-state index is 15.0. The van der Waals surface area contributed by atoms with Crippen LogP contribution in [0.5, 0.6) is 5.75 Å². The van der Waals surface area contributed by atoms with E-state index in [1.165, 1.54) is 12.1 Å². The van der Waals surface area contributed by atoms with Gasteiger partial charge in [-0.15, -0.1) is 0 Å². The molecule has 7 nitrogen and oxygen atoms in total. The van der Waals surface area contributed by atoms with Gasteiger partial charge < -0.3 is 9.64 Å². The zero-order valence-electron chi connectivity index (χ0n) is 22.5. The zero-order valence-corrected chi connectivity index (χ0v) is 23.3. The van der Waals surface area contributed by atoms with Gasteiger partial charge in [0, 0.05) is 49.5 Å². The number of anilines is 1. The quantitative estimate of drug-likeness (QED) is 0.325. The number of nitrogens with zero attached hydrogens (tertiary/aromatic N) is 2. The van der Waals surface area contributed by atoms with Crippen molar-refractivity contribution in [3.8, 4) is 16.9 Å². The third-order valence-corrected chi connectivity index (χ3v) is 7.90. The Hall–Kier alpha value is -3.64. The number of carbonyl (C=O) groups is 1. The lowest BCUT2D eigenvalue weighted by Gasteiger charge is -2.36. The monoisotopic (exact) mass is 593 g/mol. The topological polar surface area (TPSA) is 79.0 Å². The molecule has 0 aliphatic carbocycles. The van der Waals surface area contributed by atoms with Crippen molar-refractivity contribution in [2.24, 2.45) is 0 Å². The number of halogens is 4. The Morgan fingerprint density at radius 2 is 1.68 bits per heavy atom. The number of nitrogens with one attached hydrogen (secondary N) is 1. The van der Waals surface area contributed by atoms with Crippen LogP contribution in [-0.2, 0) is 16.6 Å². The second-order valence-corrected chi connectivity index (χ2v) is 11.5. The summed E-state index contributed by atoms with van der Waals surface area (Å²) in [5.41, 5.74) is 2.97. The molecule has 1 aliphatic heterocycles. The fourth-order valence-electron chi connectivity index (χ4n) is 4.56. The molecule has 0 atom stereocenters. The van der Waals surface area contributed by atoms with Gasteiger partial charge in [-0.25, -0.2) is 17.5 Å². The highest BCUT2D eigenvalue weighted by atomic mass is 32.2. The van der Waals surface area contributed by atoms with Crippen LogP contribution in [-0.4, -0.2) is 63.9 Å². The number of rotatable bonds is 10. The summed E-state index contributed by atoms with van der Waals surface area (Å²) in [7, 11) is -4.41. The predicted molar refractivity (Wildman–Crippen MR) is 149 cm³/mol. The number of piperazine rings is 1. The summed E-state index contributed by atoms with van der Waals surface area (Å²) in [5, 5.41) is 0. The van der Waals surface area contributed by atoms with E-state index in [1.807, 2.05) is 37.3 Å². The molecule has 1 heterocycles. The minimum Gasteiger partial charge on any atom is -0.494 e. The van der Waals surface area contributed by atoms with Crippen molar-refractivity contribution in [3.63, 3.8) is 0 Å². The summed E-state index contributed by atoms with van der Waals surface area (Å²) in [6.45, 7) is 5.82. The molecule has 12 heteroatoms. The number of amides is 1. The molecule has 0 bridgehead atoms. The normalized spacial score (nSPS) is 14.6. The van der Waals surface area contributed by atoms with Crippen molar-refractivity contribution in [3.05, 3.63) is 83.7 Å². The molecule has 0 radical (unpaired) electrons. The lowest BCUT2D eigenvalue weighted by atomic mass is 10.0. The standard InChI is InChI=1S/C29H31F4N3O4S/c1-2-40-25-5-3-4-23(19-25)26-11-6-21(18-27(26)30)20-35-13-15-36(16-14-35)24-9-7-22(8-10-24)28(37)34-41(38,39)17-12-29(31,32)33/h3-11,18-19H,2,12-17,20H2,1H3,(H,34,37). The molecule has 1 aliphatic rings. The van der Waals surface area contributed by atoms with Crippen LogP contribution in [0.15, 0.2) is 66.7 Å². The Morgan fingerprint density at radius 1 is 0.976 bits per heavy atom. The van der Waals surface area contributed by atoms with Crippen LogP contribution >= 0.6 is 0 Å². The van der Waals surface area contributed by atoms with Crippen molar-refractivity contribution >= 4 is 21.6 Å². The van der Waals surface area contributed by atoms with E-state index < -0.39 is 34.3 Å². The van der Waals surface area contributed by atoms with Gasteiger partial charge in [-0.05, 0) is 60.5 Å². The minimum absolute atomic E-state index is 0.0260.